The van der Waals surface area contributed by atoms with Gasteiger partial charge in [-0.05, 0) is 28.1 Å². The van der Waals surface area contributed by atoms with Crippen LogP contribution in [0.1, 0.15) is 5.56 Å². The topological polar surface area (TPSA) is 17.8 Å². The lowest BCUT2D eigenvalue weighted by Gasteiger charge is -2.13. The van der Waals surface area contributed by atoms with Gasteiger partial charge in [-0.2, -0.15) is 13.2 Å². The Hall–Kier alpha value is -1.30. The molecule has 2 nitrogen and oxygen atoms in total. The van der Waals surface area contributed by atoms with E-state index in [4.69, 9.17) is 0 Å². The Balaban J connectivity index is 2.62. The second-order valence-corrected chi connectivity index (χ2v) is 3.91. The standard InChI is InChI=1S/C10H6BrF3N2/c11-9-5-15-6-16(9)8-4-2-1-3-7(8)10(12,13)14/h1-6H. The monoisotopic (exact) mass is 290 g/mol. The van der Waals surface area contributed by atoms with E-state index in [9.17, 15) is 13.2 Å². The van der Waals surface area contributed by atoms with Crippen LogP contribution in [0.5, 0.6) is 0 Å². The fourth-order valence-electron chi connectivity index (χ4n) is 1.38. The Morgan fingerprint density at radius 2 is 1.88 bits per heavy atom. The average molecular weight is 291 g/mol. The molecule has 0 unspecified atom stereocenters. The highest BCUT2D eigenvalue weighted by atomic mass is 79.9. The van der Waals surface area contributed by atoms with Crippen LogP contribution in [0.25, 0.3) is 5.69 Å². The summed E-state index contributed by atoms with van der Waals surface area (Å²) < 4.78 is 40.0. The van der Waals surface area contributed by atoms with Gasteiger partial charge in [0.1, 0.15) is 10.9 Å². The molecule has 0 N–H and O–H groups in total. The summed E-state index contributed by atoms with van der Waals surface area (Å²) in [5.74, 6) is 0. The first-order valence-electron chi connectivity index (χ1n) is 4.34. The number of aromatic nitrogens is 2. The third-order valence-corrected chi connectivity index (χ3v) is 2.65. The van der Waals surface area contributed by atoms with E-state index in [1.165, 1.54) is 29.2 Å². The number of imidazole rings is 1. The molecule has 16 heavy (non-hydrogen) atoms. The lowest BCUT2D eigenvalue weighted by Crippen LogP contribution is -2.10. The molecule has 0 radical (unpaired) electrons. The molecule has 0 saturated heterocycles. The van der Waals surface area contributed by atoms with E-state index in [1.807, 2.05) is 0 Å². The zero-order chi connectivity index (χ0) is 11.8. The van der Waals surface area contributed by atoms with Crippen molar-refractivity contribution in [2.45, 2.75) is 6.18 Å². The van der Waals surface area contributed by atoms with Gasteiger partial charge in [0.05, 0.1) is 17.4 Å². The van der Waals surface area contributed by atoms with Crippen molar-refractivity contribution in [1.29, 1.82) is 0 Å². The van der Waals surface area contributed by atoms with Crippen LogP contribution in [0.4, 0.5) is 13.2 Å². The van der Waals surface area contributed by atoms with Crippen LogP contribution >= 0.6 is 15.9 Å². The number of nitrogens with zero attached hydrogens (tertiary/aromatic N) is 2. The first-order chi connectivity index (χ1) is 7.50. The van der Waals surface area contributed by atoms with Crippen molar-refractivity contribution in [3.63, 3.8) is 0 Å². The molecule has 0 aliphatic rings. The molecule has 0 atom stereocenters. The van der Waals surface area contributed by atoms with E-state index in [-0.39, 0.29) is 5.69 Å². The largest absolute Gasteiger partial charge is 0.418 e. The summed E-state index contributed by atoms with van der Waals surface area (Å²) in [6.45, 7) is 0. The Bertz CT molecular complexity index is 505. The molecular formula is C10H6BrF3N2. The minimum atomic E-state index is -4.37. The molecule has 1 aromatic heterocycles. The van der Waals surface area contributed by atoms with Gasteiger partial charge in [0, 0.05) is 0 Å². The minimum absolute atomic E-state index is 0.0550. The maximum absolute atomic E-state index is 12.7. The molecule has 2 aromatic rings. The first kappa shape index (κ1) is 11.2. The highest BCUT2D eigenvalue weighted by molar-refractivity contribution is 9.10. The van der Waals surface area contributed by atoms with Gasteiger partial charge in [-0.15, -0.1) is 0 Å². The van der Waals surface area contributed by atoms with Gasteiger partial charge in [-0.3, -0.25) is 4.57 Å². The van der Waals surface area contributed by atoms with Crippen LogP contribution in [-0.4, -0.2) is 9.55 Å². The molecule has 1 aromatic carbocycles. The molecule has 0 spiro atoms. The van der Waals surface area contributed by atoms with Gasteiger partial charge < -0.3 is 0 Å². The van der Waals surface area contributed by atoms with Crippen molar-refractivity contribution in [3.8, 4) is 5.69 Å². The Kier molecular flexibility index (Phi) is 2.75. The highest BCUT2D eigenvalue weighted by Crippen LogP contribution is 2.34. The molecule has 0 fully saturated rings. The summed E-state index contributed by atoms with van der Waals surface area (Å²) in [5, 5.41) is 0. The SMILES string of the molecule is FC(F)(F)c1ccccc1-n1cncc1Br. The van der Waals surface area contributed by atoms with Crippen molar-refractivity contribution in [2.75, 3.05) is 0 Å². The van der Waals surface area contributed by atoms with Crippen molar-refractivity contribution >= 4 is 15.9 Å². The average Bonchev–Trinajstić information content (AvgIpc) is 2.63. The fraction of sp³-hybridized carbons (Fsp3) is 0.100. The molecule has 2 rings (SSSR count). The van der Waals surface area contributed by atoms with Crippen LogP contribution < -0.4 is 0 Å². The summed E-state index contributed by atoms with van der Waals surface area (Å²) in [7, 11) is 0. The Labute approximate surface area is 97.9 Å². The van der Waals surface area contributed by atoms with Crippen molar-refractivity contribution < 1.29 is 13.2 Å². The maximum Gasteiger partial charge on any atom is 0.418 e. The number of alkyl halides is 3. The second kappa shape index (κ2) is 3.93. The molecule has 0 amide bonds. The molecule has 0 aliphatic heterocycles. The van der Waals surface area contributed by atoms with Gasteiger partial charge >= 0.3 is 6.18 Å². The number of hydrogen-bond acceptors (Lipinski definition) is 1. The van der Waals surface area contributed by atoms with Gasteiger partial charge in [-0.25, -0.2) is 4.98 Å². The highest BCUT2D eigenvalue weighted by Gasteiger charge is 2.33. The quantitative estimate of drug-likeness (QED) is 0.784. The number of halogens is 4. The van der Waals surface area contributed by atoms with E-state index in [0.717, 1.165) is 6.07 Å². The van der Waals surface area contributed by atoms with Crippen LogP contribution in [0, 0.1) is 0 Å². The van der Waals surface area contributed by atoms with Gasteiger partial charge in [-0.1, -0.05) is 12.1 Å². The Morgan fingerprint density at radius 1 is 1.19 bits per heavy atom. The minimum Gasteiger partial charge on any atom is -0.293 e. The van der Waals surface area contributed by atoms with E-state index >= 15 is 0 Å². The first-order valence-corrected chi connectivity index (χ1v) is 5.14. The van der Waals surface area contributed by atoms with Crippen molar-refractivity contribution in [2.24, 2.45) is 0 Å². The zero-order valence-corrected chi connectivity index (χ0v) is 9.46. The number of hydrogen-bond donors (Lipinski definition) is 0. The van der Waals surface area contributed by atoms with E-state index < -0.39 is 11.7 Å². The summed E-state index contributed by atoms with van der Waals surface area (Å²) in [6, 6.07) is 5.35. The van der Waals surface area contributed by atoms with Crippen molar-refractivity contribution in [3.05, 3.63) is 47.0 Å². The van der Waals surface area contributed by atoms with Crippen molar-refractivity contribution in [1.82, 2.24) is 9.55 Å². The predicted molar refractivity (Wildman–Crippen MR) is 56.3 cm³/mol. The summed E-state index contributed by atoms with van der Waals surface area (Å²) >= 11 is 3.14. The lowest BCUT2D eigenvalue weighted by molar-refractivity contribution is -0.137. The Morgan fingerprint density at radius 3 is 2.44 bits per heavy atom. The van der Waals surface area contributed by atoms with Crippen LogP contribution in [0.2, 0.25) is 0 Å². The molecular weight excluding hydrogens is 285 g/mol. The maximum atomic E-state index is 12.7. The number of para-hydroxylation sites is 1. The molecule has 0 bridgehead atoms. The number of rotatable bonds is 1. The van der Waals surface area contributed by atoms with Gasteiger partial charge in [0.2, 0.25) is 0 Å². The molecule has 0 aliphatic carbocycles. The van der Waals surface area contributed by atoms with Gasteiger partial charge in [0.15, 0.2) is 0 Å². The fourth-order valence-corrected chi connectivity index (χ4v) is 1.78. The third kappa shape index (κ3) is 1.97. The smallest absolute Gasteiger partial charge is 0.293 e. The molecule has 0 saturated carbocycles. The summed E-state index contributed by atoms with van der Waals surface area (Å²) in [4.78, 5) is 3.77. The predicted octanol–water partition coefficient (Wildman–Crippen LogP) is 3.65. The normalized spacial score (nSPS) is 11.8. The van der Waals surface area contributed by atoms with Gasteiger partial charge in [0.25, 0.3) is 0 Å². The van der Waals surface area contributed by atoms with E-state index in [0.29, 0.717) is 4.60 Å². The summed E-state index contributed by atoms with van der Waals surface area (Å²) in [5.41, 5.74) is -0.631. The van der Waals surface area contributed by atoms with Crippen LogP contribution in [-0.2, 0) is 6.18 Å². The number of benzene rings is 1. The third-order valence-electron chi connectivity index (χ3n) is 2.06. The van der Waals surface area contributed by atoms with E-state index in [1.54, 1.807) is 6.07 Å². The molecule has 6 heteroatoms. The lowest BCUT2D eigenvalue weighted by atomic mass is 10.1. The van der Waals surface area contributed by atoms with E-state index in [2.05, 4.69) is 20.9 Å². The van der Waals surface area contributed by atoms with Crippen LogP contribution in [0.15, 0.2) is 41.4 Å². The van der Waals surface area contributed by atoms with Crippen LogP contribution in [0.3, 0.4) is 0 Å². The zero-order valence-electron chi connectivity index (χ0n) is 7.87. The molecule has 84 valence electrons. The summed E-state index contributed by atoms with van der Waals surface area (Å²) in [6.07, 6.45) is -1.61. The molecule has 1 heterocycles. The second-order valence-electron chi connectivity index (χ2n) is 3.10.